The second-order valence-electron chi connectivity index (χ2n) is 2.38. The number of carbonyl (C=O) groups is 1. The van der Waals surface area contributed by atoms with E-state index in [1.54, 1.807) is 0 Å². The SMILES string of the molecule is O=C(O)CCCC[SiH2]C(F)F. The Hall–Kier alpha value is -0.453. The Morgan fingerprint density at radius 1 is 1.45 bits per heavy atom. The molecule has 0 aliphatic heterocycles. The summed E-state index contributed by atoms with van der Waals surface area (Å²) < 4.78 is 23.1. The summed E-state index contributed by atoms with van der Waals surface area (Å²) >= 11 is 0. The van der Waals surface area contributed by atoms with Gasteiger partial charge in [0.1, 0.15) is 9.52 Å². The number of hydrogen-bond acceptors (Lipinski definition) is 1. The molecule has 0 aliphatic carbocycles. The van der Waals surface area contributed by atoms with E-state index in [9.17, 15) is 13.6 Å². The van der Waals surface area contributed by atoms with Crippen molar-refractivity contribution in [2.75, 3.05) is 0 Å². The standard InChI is InChI=1S/C6H12F2O2Si/c7-6(8)11-4-2-1-3-5(9)10/h6H,1-4,11H2,(H,9,10). The molecule has 1 N–H and O–H groups in total. The molecule has 0 atom stereocenters. The third-order valence-electron chi connectivity index (χ3n) is 1.31. The number of carboxylic acid groups (broad SMARTS) is 1. The minimum Gasteiger partial charge on any atom is -0.481 e. The third-order valence-corrected chi connectivity index (χ3v) is 2.66. The number of aliphatic carboxylic acids is 1. The quantitative estimate of drug-likeness (QED) is 0.492. The first-order chi connectivity index (χ1) is 5.13. The highest BCUT2D eigenvalue weighted by Gasteiger charge is 2.02. The van der Waals surface area contributed by atoms with Crippen LogP contribution in [-0.2, 0) is 4.79 Å². The van der Waals surface area contributed by atoms with E-state index in [4.69, 9.17) is 5.11 Å². The summed E-state index contributed by atoms with van der Waals surface area (Å²) in [6.45, 7) is 0. The van der Waals surface area contributed by atoms with Crippen molar-refractivity contribution in [2.45, 2.75) is 31.4 Å². The molecule has 66 valence electrons. The zero-order chi connectivity index (χ0) is 8.69. The highest BCUT2D eigenvalue weighted by atomic mass is 28.2. The molecule has 0 saturated carbocycles. The Kier molecular flexibility index (Phi) is 6.01. The minimum absolute atomic E-state index is 0.109. The molecule has 0 bridgehead atoms. The van der Waals surface area contributed by atoms with Gasteiger partial charge in [-0.25, -0.2) is 8.78 Å². The van der Waals surface area contributed by atoms with E-state index in [0.717, 1.165) is 0 Å². The second kappa shape index (κ2) is 6.27. The summed E-state index contributed by atoms with van der Waals surface area (Å²) in [6.07, 6.45) is 1.29. The van der Waals surface area contributed by atoms with Crippen molar-refractivity contribution < 1.29 is 18.7 Å². The van der Waals surface area contributed by atoms with Gasteiger partial charge >= 0.3 is 5.97 Å². The van der Waals surface area contributed by atoms with Gasteiger partial charge in [0.2, 0.25) is 6.05 Å². The number of halogens is 2. The van der Waals surface area contributed by atoms with Crippen LogP contribution in [0.1, 0.15) is 19.3 Å². The molecule has 0 saturated heterocycles. The summed E-state index contributed by atoms with van der Waals surface area (Å²) in [5.74, 6) is -0.844. The van der Waals surface area contributed by atoms with Crippen LogP contribution in [0.3, 0.4) is 0 Å². The van der Waals surface area contributed by atoms with Gasteiger partial charge in [0.15, 0.2) is 0 Å². The topological polar surface area (TPSA) is 37.3 Å². The van der Waals surface area contributed by atoms with E-state index in [1.165, 1.54) is 0 Å². The van der Waals surface area contributed by atoms with E-state index in [2.05, 4.69) is 0 Å². The van der Waals surface area contributed by atoms with Crippen LogP contribution < -0.4 is 0 Å². The summed E-state index contributed by atoms with van der Waals surface area (Å²) in [5.41, 5.74) is 0. The van der Waals surface area contributed by atoms with Crippen molar-refractivity contribution in [1.82, 2.24) is 0 Å². The monoisotopic (exact) mass is 182 g/mol. The molecule has 0 unspecified atom stereocenters. The summed E-state index contributed by atoms with van der Waals surface area (Å²) in [6, 6.07) is -1.55. The van der Waals surface area contributed by atoms with Gasteiger partial charge in [-0.3, -0.25) is 4.79 Å². The first-order valence-corrected chi connectivity index (χ1v) is 5.44. The zero-order valence-electron chi connectivity index (χ0n) is 6.22. The molecule has 0 aromatic carbocycles. The van der Waals surface area contributed by atoms with Gasteiger partial charge in [-0.2, -0.15) is 0 Å². The average molecular weight is 182 g/mol. The maximum atomic E-state index is 11.6. The number of unbranched alkanes of at least 4 members (excludes halogenated alkanes) is 1. The largest absolute Gasteiger partial charge is 0.481 e. The van der Waals surface area contributed by atoms with Crippen molar-refractivity contribution >= 4 is 15.5 Å². The van der Waals surface area contributed by atoms with E-state index in [0.29, 0.717) is 18.9 Å². The van der Waals surface area contributed by atoms with Crippen molar-refractivity contribution in [2.24, 2.45) is 0 Å². The normalized spacial score (nSPS) is 11.5. The summed E-state index contributed by atoms with van der Waals surface area (Å²) in [5, 5.41) is 8.19. The minimum atomic E-state index is -2.11. The van der Waals surface area contributed by atoms with Crippen LogP contribution in [0.15, 0.2) is 0 Å². The van der Waals surface area contributed by atoms with Gasteiger partial charge in [0, 0.05) is 6.42 Å². The Bertz CT molecular complexity index is 119. The van der Waals surface area contributed by atoms with E-state index >= 15 is 0 Å². The van der Waals surface area contributed by atoms with Gasteiger partial charge in [0.25, 0.3) is 0 Å². The second-order valence-corrected chi connectivity index (χ2v) is 4.29. The molecule has 11 heavy (non-hydrogen) atoms. The molecule has 0 radical (unpaired) electrons. The lowest BCUT2D eigenvalue weighted by Crippen LogP contribution is -2.03. The lowest BCUT2D eigenvalue weighted by atomic mass is 10.2. The van der Waals surface area contributed by atoms with Crippen LogP contribution in [0.4, 0.5) is 8.78 Å². The highest BCUT2D eigenvalue weighted by molar-refractivity contribution is 6.36. The van der Waals surface area contributed by atoms with Gasteiger partial charge < -0.3 is 5.11 Å². The predicted octanol–water partition coefficient (Wildman–Crippen LogP) is 1.05. The number of alkyl halides is 2. The molecule has 5 heteroatoms. The molecule has 0 aromatic rings. The maximum absolute atomic E-state index is 11.6. The fraction of sp³-hybridized carbons (Fsp3) is 0.833. The van der Waals surface area contributed by atoms with Crippen LogP contribution >= 0.6 is 0 Å². The molecule has 0 rings (SSSR count). The molecule has 0 amide bonds. The summed E-state index contributed by atoms with van der Waals surface area (Å²) in [7, 11) is -1.23. The fourth-order valence-electron chi connectivity index (χ4n) is 0.752. The Morgan fingerprint density at radius 2 is 2.09 bits per heavy atom. The van der Waals surface area contributed by atoms with E-state index in [-0.39, 0.29) is 6.42 Å². The smallest absolute Gasteiger partial charge is 0.303 e. The number of hydrogen-bond donors (Lipinski definition) is 1. The van der Waals surface area contributed by atoms with Crippen LogP contribution in [0.2, 0.25) is 6.04 Å². The Labute approximate surface area is 66.4 Å². The van der Waals surface area contributed by atoms with E-state index < -0.39 is 21.5 Å². The van der Waals surface area contributed by atoms with E-state index in [1.807, 2.05) is 0 Å². The fourth-order valence-corrected chi connectivity index (χ4v) is 1.70. The predicted molar refractivity (Wildman–Crippen MR) is 40.8 cm³/mol. The van der Waals surface area contributed by atoms with Crippen molar-refractivity contribution in [1.29, 1.82) is 0 Å². The first-order valence-electron chi connectivity index (χ1n) is 3.63. The number of rotatable bonds is 6. The summed E-state index contributed by atoms with van der Waals surface area (Å²) in [4.78, 5) is 9.96. The highest BCUT2D eigenvalue weighted by Crippen LogP contribution is 2.02. The zero-order valence-corrected chi connectivity index (χ0v) is 7.64. The van der Waals surface area contributed by atoms with Crippen LogP contribution in [0.25, 0.3) is 0 Å². The van der Waals surface area contributed by atoms with Gasteiger partial charge in [-0.05, 0) is 6.42 Å². The molecular formula is C6H12F2O2Si. The average Bonchev–Trinajstić information content (AvgIpc) is 1.85. The van der Waals surface area contributed by atoms with Crippen molar-refractivity contribution in [3.63, 3.8) is 0 Å². The molecule has 0 aliphatic rings. The first kappa shape index (κ1) is 10.5. The molecular weight excluding hydrogens is 170 g/mol. The lowest BCUT2D eigenvalue weighted by Gasteiger charge is -1.96. The molecule has 0 fully saturated rings. The molecule has 0 spiro atoms. The van der Waals surface area contributed by atoms with Crippen molar-refractivity contribution in [3.05, 3.63) is 0 Å². The molecule has 0 aromatic heterocycles. The van der Waals surface area contributed by atoms with Crippen LogP contribution in [-0.4, -0.2) is 26.6 Å². The van der Waals surface area contributed by atoms with Crippen LogP contribution in [0, 0.1) is 0 Å². The van der Waals surface area contributed by atoms with Crippen LogP contribution in [0.5, 0.6) is 0 Å². The van der Waals surface area contributed by atoms with Gasteiger partial charge in [-0.15, -0.1) is 0 Å². The van der Waals surface area contributed by atoms with Gasteiger partial charge in [-0.1, -0.05) is 12.5 Å². The molecule has 0 heterocycles. The molecule has 2 nitrogen and oxygen atoms in total. The number of carboxylic acids is 1. The lowest BCUT2D eigenvalue weighted by molar-refractivity contribution is -0.137. The Morgan fingerprint density at radius 3 is 2.55 bits per heavy atom. The van der Waals surface area contributed by atoms with Crippen molar-refractivity contribution in [3.8, 4) is 0 Å². The Balaban J connectivity index is 2.97. The van der Waals surface area contributed by atoms with Gasteiger partial charge in [0.05, 0.1) is 0 Å². The maximum Gasteiger partial charge on any atom is 0.303 e. The third kappa shape index (κ3) is 9.55.